The van der Waals surface area contributed by atoms with Crippen molar-refractivity contribution in [2.75, 3.05) is 44.8 Å². The zero-order chi connectivity index (χ0) is 19.3. The van der Waals surface area contributed by atoms with Crippen LogP contribution in [-0.2, 0) is 9.53 Å². The number of carbonyl (C=O) groups is 1. The molecular formula is C22H34N2O3. The summed E-state index contributed by atoms with van der Waals surface area (Å²) in [5.41, 5.74) is 2.08. The number of nitrogens with zero attached hydrogens (tertiary/aromatic N) is 2. The first-order valence-electron chi connectivity index (χ1n) is 10.3. The van der Waals surface area contributed by atoms with Gasteiger partial charge in [-0.2, -0.15) is 0 Å². The molecule has 5 nitrogen and oxygen atoms in total. The van der Waals surface area contributed by atoms with Crippen LogP contribution in [-0.4, -0.2) is 61.9 Å². The van der Waals surface area contributed by atoms with E-state index in [1.54, 1.807) is 7.11 Å². The minimum atomic E-state index is -0.624. The molecule has 2 heterocycles. The zero-order valence-electron chi connectivity index (χ0n) is 16.8. The zero-order valence-corrected chi connectivity index (χ0v) is 16.8. The molecule has 150 valence electrons. The van der Waals surface area contributed by atoms with E-state index in [1.807, 2.05) is 0 Å². The quantitative estimate of drug-likeness (QED) is 0.740. The van der Waals surface area contributed by atoms with E-state index in [0.717, 1.165) is 51.7 Å². The minimum Gasteiger partial charge on any atom is -0.481 e. The molecule has 0 aromatic heterocycles. The molecular weight excluding hydrogens is 340 g/mol. The van der Waals surface area contributed by atoms with Crippen LogP contribution in [0.3, 0.4) is 0 Å². The number of hydrogen-bond acceptors (Lipinski definition) is 4. The number of ether oxygens (including phenoxy) is 1. The van der Waals surface area contributed by atoms with E-state index in [-0.39, 0.29) is 0 Å². The fraction of sp³-hybridized carbons (Fsp3) is 0.682. The van der Waals surface area contributed by atoms with Crippen LogP contribution in [0.15, 0.2) is 24.3 Å². The smallest absolute Gasteiger partial charge is 0.310 e. The third kappa shape index (κ3) is 4.64. The van der Waals surface area contributed by atoms with E-state index in [2.05, 4.69) is 41.0 Å². The lowest BCUT2D eigenvalue weighted by Gasteiger charge is -2.46. The third-order valence-electron chi connectivity index (χ3n) is 6.50. The van der Waals surface area contributed by atoms with Gasteiger partial charge in [0.05, 0.1) is 5.41 Å². The Morgan fingerprint density at radius 1 is 1.26 bits per heavy atom. The molecule has 2 aliphatic rings. The number of hydrogen-bond donors (Lipinski definition) is 1. The molecule has 1 N–H and O–H groups in total. The van der Waals surface area contributed by atoms with Crippen LogP contribution in [0.4, 0.5) is 5.69 Å². The van der Waals surface area contributed by atoms with Gasteiger partial charge in [0.15, 0.2) is 0 Å². The Balaban J connectivity index is 1.60. The molecule has 0 saturated carbocycles. The first-order chi connectivity index (χ1) is 13.1. The van der Waals surface area contributed by atoms with Crippen LogP contribution in [0, 0.1) is 12.3 Å². The topological polar surface area (TPSA) is 53.0 Å². The van der Waals surface area contributed by atoms with Crippen LogP contribution in [0.1, 0.15) is 44.1 Å². The highest BCUT2D eigenvalue weighted by atomic mass is 16.5. The number of carboxylic acids is 1. The Labute approximate surface area is 163 Å². The SMILES string of the molecule is COCCCC1(C(=O)O)CCCN(C2CCN(c3ccccc3C)CC2)C1. The molecule has 27 heavy (non-hydrogen) atoms. The van der Waals surface area contributed by atoms with Gasteiger partial charge in [0.2, 0.25) is 0 Å². The highest BCUT2D eigenvalue weighted by Crippen LogP contribution is 2.37. The van der Waals surface area contributed by atoms with Gasteiger partial charge in [0.25, 0.3) is 0 Å². The third-order valence-corrected chi connectivity index (χ3v) is 6.50. The maximum atomic E-state index is 12.1. The Hall–Kier alpha value is -1.59. The number of benzene rings is 1. The predicted molar refractivity (Wildman–Crippen MR) is 108 cm³/mol. The molecule has 1 aromatic carbocycles. The number of likely N-dealkylation sites (tertiary alicyclic amines) is 1. The number of anilines is 1. The van der Waals surface area contributed by atoms with Crippen molar-refractivity contribution in [3.8, 4) is 0 Å². The van der Waals surface area contributed by atoms with E-state index in [0.29, 0.717) is 25.6 Å². The molecule has 0 bridgehead atoms. The van der Waals surface area contributed by atoms with E-state index < -0.39 is 11.4 Å². The first-order valence-corrected chi connectivity index (χ1v) is 10.3. The molecule has 2 fully saturated rings. The largest absolute Gasteiger partial charge is 0.481 e. The lowest BCUT2D eigenvalue weighted by molar-refractivity contribution is -0.154. The molecule has 1 aromatic rings. The first kappa shape index (κ1) is 20.2. The van der Waals surface area contributed by atoms with Crippen LogP contribution < -0.4 is 4.90 Å². The number of piperidine rings is 2. The average molecular weight is 375 g/mol. The summed E-state index contributed by atoms with van der Waals surface area (Å²) >= 11 is 0. The maximum Gasteiger partial charge on any atom is 0.310 e. The van der Waals surface area contributed by atoms with E-state index in [9.17, 15) is 9.90 Å². The number of rotatable bonds is 7. The van der Waals surface area contributed by atoms with Gasteiger partial charge in [0.1, 0.15) is 0 Å². The molecule has 5 heteroatoms. The summed E-state index contributed by atoms with van der Waals surface area (Å²) in [6.45, 7) is 6.65. The monoisotopic (exact) mass is 374 g/mol. The van der Waals surface area contributed by atoms with Crippen LogP contribution in [0.2, 0.25) is 0 Å². The normalized spacial score (nSPS) is 24.9. The van der Waals surface area contributed by atoms with Crippen LogP contribution >= 0.6 is 0 Å². The summed E-state index contributed by atoms with van der Waals surface area (Å²) in [5.74, 6) is -0.624. The Kier molecular flexibility index (Phi) is 6.77. The van der Waals surface area contributed by atoms with Gasteiger partial charge < -0.3 is 14.7 Å². The van der Waals surface area contributed by atoms with E-state index >= 15 is 0 Å². The van der Waals surface area contributed by atoms with Crippen molar-refractivity contribution in [3.05, 3.63) is 29.8 Å². The predicted octanol–water partition coefficient (Wildman–Crippen LogP) is 3.56. The van der Waals surface area contributed by atoms with Gasteiger partial charge in [-0.05, 0) is 63.6 Å². The molecule has 1 atom stereocenters. The summed E-state index contributed by atoms with van der Waals surface area (Å²) in [6.07, 6.45) is 5.54. The Morgan fingerprint density at radius 2 is 2.00 bits per heavy atom. The van der Waals surface area contributed by atoms with Crippen molar-refractivity contribution in [2.45, 2.75) is 51.5 Å². The second-order valence-corrected chi connectivity index (χ2v) is 8.26. The molecule has 3 rings (SSSR count). The fourth-order valence-corrected chi connectivity index (χ4v) is 4.91. The van der Waals surface area contributed by atoms with Gasteiger partial charge >= 0.3 is 5.97 Å². The van der Waals surface area contributed by atoms with Gasteiger partial charge in [-0.3, -0.25) is 9.69 Å². The number of para-hydroxylation sites is 1. The maximum absolute atomic E-state index is 12.1. The van der Waals surface area contributed by atoms with Crippen molar-refractivity contribution in [3.63, 3.8) is 0 Å². The highest BCUT2D eigenvalue weighted by molar-refractivity contribution is 5.75. The lowest BCUT2D eigenvalue weighted by Crippen LogP contribution is -2.54. The molecule has 0 spiro atoms. The molecule has 2 saturated heterocycles. The van der Waals surface area contributed by atoms with Crippen LogP contribution in [0.5, 0.6) is 0 Å². The molecule has 0 amide bonds. The van der Waals surface area contributed by atoms with Gasteiger partial charge in [0, 0.05) is 45.1 Å². The summed E-state index contributed by atoms with van der Waals surface area (Å²) in [7, 11) is 1.68. The summed E-state index contributed by atoms with van der Waals surface area (Å²) in [5, 5.41) is 9.95. The highest BCUT2D eigenvalue weighted by Gasteiger charge is 2.43. The Morgan fingerprint density at radius 3 is 2.67 bits per heavy atom. The van der Waals surface area contributed by atoms with Crippen molar-refractivity contribution in [1.29, 1.82) is 0 Å². The van der Waals surface area contributed by atoms with Crippen molar-refractivity contribution < 1.29 is 14.6 Å². The van der Waals surface area contributed by atoms with Crippen molar-refractivity contribution >= 4 is 11.7 Å². The van der Waals surface area contributed by atoms with E-state index in [1.165, 1.54) is 11.3 Å². The van der Waals surface area contributed by atoms with Crippen LogP contribution in [0.25, 0.3) is 0 Å². The number of methoxy groups -OCH3 is 1. The lowest BCUT2D eigenvalue weighted by atomic mass is 9.75. The summed E-state index contributed by atoms with van der Waals surface area (Å²) in [6, 6.07) is 9.09. The standard InChI is InChI=1S/C22H34N2O3/c1-18-7-3-4-8-20(18)23-14-9-19(10-15-23)24-13-5-11-22(17-24,21(25)26)12-6-16-27-2/h3-4,7-8,19H,5-6,9-17H2,1-2H3,(H,25,26). The molecule has 1 unspecified atom stereocenters. The summed E-state index contributed by atoms with van der Waals surface area (Å²) < 4.78 is 5.15. The van der Waals surface area contributed by atoms with Gasteiger partial charge in [-0.15, -0.1) is 0 Å². The number of carboxylic acid groups (broad SMARTS) is 1. The second kappa shape index (κ2) is 9.07. The van der Waals surface area contributed by atoms with Crippen molar-refractivity contribution in [1.82, 2.24) is 4.90 Å². The molecule has 2 aliphatic heterocycles. The van der Waals surface area contributed by atoms with E-state index in [4.69, 9.17) is 4.74 Å². The minimum absolute atomic E-state index is 0.506. The molecule has 0 aliphatic carbocycles. The van der Waals surface area contributed by atoms with Gasteiger partial charge in [-0.1, -0.05) is 18.2 Å². The summed E-state index contributed by atoms with van der Waals surface area (Å²) in [4.78, 5) is 17.1. The molecule has 0 radical (unpaired) electrons. The van der Waals surface area contributed by atoms with Crippen molar-refractivity contribution in [2.24, 2.45) is 5.41 Å². The second-order valence-electron chi connectivity index (χ2n) is 8.26. The van der Waals surface area contributed by atoms with Gasteiger partial charge in [-0.25, -0.2) is 0 Å². The number of aliphatic carboxylic acids is 1. The Bertz CT molecular complexity index is 628. The average Bonchev–Trinajstić information content (AvgIpc) is 2.69. The fourth-order valence-electron chi connectivity index (χ4n) is 4.91. The number of aryl methyl sites for hydroxylation is 1.